The first-order valence-corrected chi connectivity index (χ1v) is 8.99. The summed E-state index contributed by atoms with van der Waals surface area (Å²) in [5.74, 6) is 1.08. The second kappa shape index (κ2) is 8.68. The van der Waals surface area contributed by atoms with Gasteiger partial charge in [0.2, 0.25) is 11.7 Å². The van der Waals surface area contributed by atoms with E-state index >= 15 is 0 Å². The Labute approximate surface area is 162 Å². The van der Waals surface area contributed by atoms with Gasteiger partial charge in [0, 0.05) is 16.6 Å². The van der Waals surface area contributed by atoms with Gasteiger partial charge >= 0.3 is 0 Å². The molecule has 1 atom stereocenters. The molecule has 3 rings (SSSR count). The van der Waals surface area contributed by atoms with Crippen molar-refractivity contribution in [2.45, 2.75) is 32.4 Å². The average molecular weight is 386 g/mol. The zero-order valence-electron chi connectivity index (χ0n) is 15.1. The number of carbonyl (C=O) groups excluding carboxylic acids is 1. The summed E-state index contributed by atoms with van der Waals surface area (Å²) >= 11 is 5.90. The Morgan fingerprint density at radius 1 is 1.15 bits per heavy atom. The molecule has 1 heterocycles. The van der Waals surface area contributed by atoms with E-state index in [2.05, 4.69) is 15.5 Å². The Kier molecular flexibility index (Phi) is 6.08. The van der Waals surface area contributed by atoms with E-state index in [9.17, 15) is 4.79 Å². The van der Waals surface area contributed by atoms with Gasteiger partial charge in [0.15, 0.2) is 6.10 Å². The third-order valence-corrected chi connectivity index (χ3v) is 3.93. The van der Waals surface area contributed by atoms with Crippen molar-refractivity contribution < 1.29 is 14.1 Å². The molecule has 3 aromatic rings. The molecule has 2 aromatic carbocycles. The van der Waals surface area contributed by atoms with Crippen LogP contribution >= 0.6 is 11.6 Å². The van der Waals surface area contributed by atoms with E-state index in [1.807, 2.05) is 44.2 Å². The third-order valence-electron chi connectivity index (χ3n) is 3.68. The molecule has 0 spiro atoms. The van der Waals surface area contributed by atoms with Crippen LogP contribution in [0.5, 0.6) is 5.75 Å². The van der Waals surface area contributed by atoms with Crippen LogP contribution in [0.4, 0.5) is 0 Å². The summed E-state index contributed by atoms with van der Waals surface area (Å²) in [7, 11) is 0. The molecule has 0 aliphatic heterocycles. The summed E-state index contributed by atoms with van der Waals surface area (Å²) in [6, 6.07) is 16.3. The number of halogens is 1. The van der Waals surface area contributed by atoms with Crippen molar-refractivity contribution in [1.82, 2.24) is 15.5 Å². The van der Waals surface area contributed by atoms with E-state index in [1.165, 1.54) is 0 Å². The Morgan fingerprint density at radius 3 is 2.52 bits per heavy atom. The van der Waals surface area contributed by atoms with Crippen LogP contribution < -0.4 is 10.1 Å². The molecule has 1 unspecified atom stereocenters. The Morgan fingerprint density at radius 2 is 1.85 bits per heavy atom. The zero-order valence-corrected chi connectivity index (χ0v) is 15.8. The minimum atomic E-state index is -0.808. The van der Waals surface area contributed by atoms with Crippen molar-refractivity contribution in [2.75, 3.05) is 0 Å². The number of amides is 1. The molecule has 0 bridgehead atoms. The monoisotopic (exact) mass is 385 g/mol. The number of ether oxygens (including phenoxy) is 1. The predicted molar refractivity (Wildman–Crippen MR) is 103 cm³/mol. The lowest BCUT2D eigenvalue weighted by atomic mass is 10.2. The van der Waals surface area contributed by atoms with Crippen molar-refractivity contribution in [1.29, 1.82) is 0 Å². The molecule has 140 valence electrons. The second-order valence-corrected chi connectivity index (χ2v) is 6.74. The molecule has 1 N–H and O–H groups in total. The highest BCUT2D eigenvalue weighted by atomic mass is 35.5. The van der Waals surface area contributed by atoms with Crippen LogP contribution in [0.3, 0.4) is 0 Å². The number of aromatic nitrogens is 2. The maximum atomic E-state index is 12.6. The first-order chi connectivity index (χ1) is 13.0. The van der Waals surface area contributed by atoms with Gasteiger partial charge in [0.05, 0.1) is 6.42 Å². The minimum absolute atomic E-state index is 0.0172. The van der Waals surface area contributed by atoms with Crippen LogP contribution in [-0.2, 0) is 11.2 Å². The van der Waals surface area contributed by atoms with Crippen molar-refractivity contribution >= 4 is 17.5 Å². The molecule has 7 heteroatoms. The summed E-state index contributed by atoms with van der Waals surface area (Å²) in [6.07, 6.45) is -0.654. The SMILES string of the molecule is CC(C)NC(=O)C(Cc1nc(-c2ccccc2)no1)Oc1ccc(Cl)cc1. The summed E-state index contributed by atoms with van der Waals surface area (Å²) in [5, 5.41) is 7.43. The Hall–Kier alpha value is -2.86. The molecule has 0 saturated carbocycles. The lowest BCUT2D eigenvalue weighted by molar-refractivity contribution is -0.128. The van der Waals surface area contributed by atoms with E-state index in [1.54, 1.807) is 24.3 Å². The van der Waals surface area contributed by atoms with Crippen LogP contribution in [0.1, 0.15) is 19.7 Å². The van der Waals surface area contributed by atoms with Gasteiger partial charge in [-0.15, -0.1) is 0 Å². The first-order valence-electron chi connectivity index (χ1n) is 8.62. The smallest absolute Gasteiger partial charge is 0.261 e. The lowest BCUT2D eigenvalue weighted by Crippen LogP contribution is -2.43. The number of hydrogen-bond donors (Lipinski definition) is 1. The molecule has 0 aliphatic rings. The van der Waals surface area contributed by atoms with E-state index in [0.717, 1.165) is 5.56 Å². The molecule has 0 saturated heterocycles. The quantitative estimate of drug-likeness (QED) is 0.667. The highest BCUT2D eigenvalue weighted by Gasteiger charge is 2.25. The number of hydrogen-bond acceptors (Lipinski definition) is 5. The van der Waals surface area contributed by atoms with Gasteiger partial charge in [-0.25, -0.2) is 0 Å². The zero-order chi connectivity index (χ0) is 19.2. The van der Waals surface area contributed by atoms with Gasteiger partial charge < -0.3 is 14.6 Å². The first kappa shape index (κ1) is 18.9. The summed E-state index contributed by atoms with van der Waals surface area (Å²) in [5.41, 5.74) is 0.842. The summed E-state index contributed by atoms with van der Waals surface area (Å²) < 4.78 is 11.2. The Bertz CT molecular complexity index is 879. The van der Waals surface area contributed by atoms with E-state index < -0.39 is 6.10 Å². The van der Waals surface area contributed by atoms with Crippen LogP contribution in [0.2, 0.25) is 5.02 Å². The molecule has 0 fully saturated rings. The highest BCUT2D eigenvalue weighted by Crippen LogP contribution is 2.20. The molecule has 27 heavy (non-hydrogen) atoms. The highest BCUT2D eigenvalue weighted by molar-refractivity contribution is 6.30. The molecule has 1 amide bonds. The third kappa shape index (κ3) is 5.31. The normalized spacial score (nSPS) is 12.0. The van der Waals surface area contributed by atoms with Crippen LogP contribution in [0.25, 0.3) is 11.4 Å². The van der Waals surface area contributed by atoms with E-state index in [-0.39, 0.29) is 18.4 Å². The van der Waals surface area contributed by atoms with Gasteiger partial charge in [-0.3, -0.25) is 4.79 Å². The van der Waals surface area contributed by atoms with Crippen LogP contribution in [0, 0.1) is 0 Å². The topological polar surface area (TPSA) is 77.3 Å². The molecule has 1 aromatic heterocycles. The Balaban J connectivity index is 1.77. The fourth-order valence-corrected chi connectivity index (χ4v) is 2.57. The van der Waals surface area contributed by atoms with Crippen LogP contribution in [-0.4, -0.2) is 28.2 Å². The molecule has 6 nitrogen and oxygen atoms in total. The van der Waals surface area contributed by atoms with E-state index in [4.69, 9.17) is 20.9 Å². The molecule has 0 radical (unpaired) electrons. The molecular weight excluding hydrogens is 366 g/mol. The van der Waals surface area contributed by atoms with Gasteiger partial charge in [-0.1, -0.05) is 47.1 Å². The number of nitrogens with one attached hydrogen (secondary N) is 1. The van der Waals surface area contributed by atoms with Gasteiger partial charge in [0.1, 0.15) is 5.75 Å². The molecule has 0 aliphatic carbocycles. The largest absolute Gasteiger partial charge is 0.480 e. The van der Waals surface area contributed by atoms with Gasteiger partial charge in [-0.2, -0.15) is 4.98 Å². The minimum Gasteiger partial charge on any atom is -0.480 e. The maximum Gasteiger partial charge on any atom is 0.261 e. The van der Waals surface area contributed by atoms with Crippen molar-refractivity contribution in [3.8, 4) is 17.1 Å². The lowest BCUT2D eigenvalue weighted by Gasteiger charge is -2.19. The van der Waals surface area contributed by atoms with Crippen molar-refractivity contribution in [2.24, 2.45) is 0 Å². The number of nitrogens with zero attached hydrogens (tertiary/aromatic N) is 2. The standard InChI is InChI=1S/C20H20ClN3O3/c1-13(2)22-20(25)17(26-16-10-8-15(21)9-11-16)12-18-23-19(24-27-18)14-6-4-3-5-7-14/h3-11,13,17H,12H2,1-2H3,(H,22,25). The van der Waals surface area contributed by atoms with Crippen molar-refractivity contribution in [3.63, 3.8) is 0 Å². The van der Waals surface area contributed by atoms with E-state index in [0.29, 0.717) is 22.5 Å². The van der Waals surface area contributed by atoms with Gasteiger partial charge in [-0.05, 0) is 38.1 Å². The summed E-state index contributed by atoms with van der Waals surface area (Å²) in [6.45, 7) is 3.77. The van der Waals surface area contributed by atoms with Crippen molar-refractivity contribution in [3.05, 3.63) is 65.5 Å². The summed E-state index contributed by atoms with van der Waals surface area (Å²) in [4.78, 5) is 16.9. The number of benzene rings is 2. The predicted octanol–water partition coefficient (Wildman–Crippen LogP) is 3.90. The van der Waals surface area contributed by atoms with Crippen LogP contribution in [0.15, 0.2) is 59.1 Å². The number of carbonyl (C=O) groups is 1. The molecular formula is C20H20ClN3O3. The fraction of sp³-hybridized carbons (Fsp3) is 0.250. The average Bonchev–Trinajstić information content (AvgIpc) is 3.12. The number of rotatable bonds is 7. The second-order valence-electron chi connectivity index (χ2n) is 6.31. The van der Waals surface area contributed by atoms with Gasteiger partial charge in [0.25, 0.3) is 5.91 Å². The maximum absolute atomic E-state index is 12.6. The fourth-order valence-electron chi connectivity index (χ4n) is 2.44.